The summed E-state index contributed by atoms with van der Waals surface area (Å²) >= 11 is 1.99. The molecule has 0 bridgehead atoms. The molecule has 0 saturated carbocycles. The van der Waals surface area contributed by atoms with Crippen LogP contribution in [0.2, 0.25) is 0 Å². The molecule has 0 spiro atoms. The van der Waals surface area contributed by atoms with Crippen LogP contribution in [-0.2, 0) is 4.79 Å². The number of aliphatic carboxylic acids is 1. The summed E-state index contributed by atoms with van der Waals surface area (Å²) in [5.74, 6) is 1.08. The van der Waals surface area contributed by atoms with E-state index in [1.807, 2.05) is 25.6 Å². The van der Waals surface area contributed by atoms with Crippen molar-refractivity contribution in [2.45, 2.75) is 77.6 Å². The molecule has 0 radical (unpaired) electrons. The Morgan fingerprint density at radius 2 is 1.79 bits per heavy atom. The van der Waals surface area contributed by atoms with Crippen LogP contribution in [-0.4, -0.2) is 33.7 Å². The fraction of sp³-hybridized carbons (Fsp3) is 0.933. The number of hydrogen-bond acceptors (Lipinski definition) is 3. The van der Waals surface area contributed by atoms with Crippen molar-refractivity contribution >= 4 is 17.7 Å². The van der Waals surface area contributed by atoms with E-state index in [9.17, 15) is 9.90 Å². The monoisotopic (exact) mass is 289 g/mol. The summed E-state index contributed by atoms with van der Waals surface area (Å²) in [7, 11) is 0. The summed E-state index contributed by atoms with van der Waals surface area (Å²) in [6.45, 7) is 12.5. The first-order valence-corrected chi connectivity index (χ1v) is 8.36. The zero-order valence-corrected chi connectivity index (χ0v) is 14.1. The third-order valence-corrected chi connectivity index (χ3v) is 5.06. The minimum absolute atomic E-state index is 0.191. The molecule has 0 fully saturated rings. The second-order valence-corrected chi connectivity index (χ2v) is 7.70. The molecular formula is C15H31NO2S. The molecule has 4 heteroatoms. The van der Waals surface area contributed by atoms with Crippen LogP contribution in [0.1, 0.15) is 60.8 Å². The third kappa shape index (κ3) is 7.83. The van der Waals surface area contributed by atoms with Crippen molar-refractivity contribution in [3.05, 3.63) is 0 Å². The maximum Gasteiger partial charge on any atom is 0.323 e. The highest BCUT2D eigenvalue weighted by molar-refractivity contribution is 7.99. The standard InChI is InChI=1S/C15H31NO2S/c1-11(2)13(5)19-10-8-7-9-15(6,14(17)18)16-12(3)4/h11-13,16H,7-10H2,1-6H3,(H,17,18). The van der Waals surface area contributed by atoms with Gasteiger partial charge in [-0.25, -0.2) is 0 Å². The lowest BCUT2D eigenvalue weighted by Gasteiger charge is -2.28. The molecule has 3 nitrogen and oxygen atoms in total. The Hall–Kier alpha value is -0.220. The van der Waals surface area contributed by atoms with Gasteiger partial charge in [0.05, 0.1) is 0 Å². The van der Waals surface area contributed by atoms with Gasteiger partial charge in [-0.15, -0.1) is 0 Å². The highest BCUT2D eigenvalue weighted by Crippen LogP contribution is 2.22. The normalized spacial score (nSPS) is 16.6. The van der Waals surface area contributed by atoms with Crippen molar-refractivity contribution in [1.29, 1.82) is 0 Å². The SMILES string of the molecule is CC(C)NC(C)(CCCCSC(C)C(C)C)C(=O)O. The van der Waals surface area contributed by atoms with Crippen molar-refractivity contribution in [3.8, 4) is 0 Å². The van der Waals surface area contributed by atoms with Gasteiger partial charge in [0.2, 0.25) is 0 Å². The van der Waals surface area contributed by atoms with Crippen molar-refractivity contribution in [1.82, 2.24) is 5.32 Å². The highest BCUT2D eigenvalue weighted by Gasteiger charge is 2.32. The number of carboxylic acid groups (broad SMARTS) is 1. The predicted octanol–water partition coefficient (Wildman–Crippen LogP) is 3.78. The van der Waals surface area contributed by atoms with E-state index in [1.54, 1.807) is 6.92 Å². The van der Waals surface area contributed by atoms with E-state index in [4.69, 9.17) is 0 Å². The largest absolute Gasteiger partial charge is 0.480 e. The molecule has 0 aliphatic heterocycles. The van der Waals surface area contributed by atoms with Crippen LogP contribution in [0, 0.1) is 5.92 Å². The minimum Gasteiger partial charge on any atom is -0.480 e. The average Bonchev–Trinajstić information content (AvgIpc) is 2.26. The Kier molecular flexibility index (Phi) is 8.75. The lowest BCUT2D eigenvalue weighted by atomic mass is 9.94. The Labute approximate surface area is 122 Å². The lowest BCUT2D eigenvalue weighted by molar-refractivity contribution is -0.144. The lowest BCUT2D eigenvalue weighted by Crippen LogP contribution is -2.52. The number of carboxylic acids is 1. The fourth-order valence-corrected chi connectivity index (χ4v) is 3.05. The van der Waals surface area contributed by atoms with E-state index in [1.165, 1.54) is 0 Å². The first-order valence-electron chi connectivity index (χ1n) is 7.31. The van der Waals surface area contributed by atoms with Crippen molar-refractivity contribution < 1.29 is 9.90 Å². The van der Waals surface area contributed by atoms with Crippen LogP contribution < -0.4 is 5.32 Å². The van der Waals surface area contributed by atoms with E-state index >= 15 is 0 Å². The molecular weight excluding hydrogens is 258 g/mol. The van der Waals surface area contributed by atoms with Gasteiger partial charge in [0.15, 0.2) is 0 Å². The molecule has 0 rings (SSSR count). The Morgan fingerprint density at radius 1 is 1.21 bits per heavy atom. The molecule has 19 heavy (non-hydrogen) atoms. The van der Waals surface area contributed by atoms with E-state index in [-0.39, 0.29) is 6.04 Å². The van der Waals surface area contributed by atoms with E-state index in [0.717, 1.165) is 18.6 Å². The van der Waals surface area contributed by atoms with Crippen molar-refractivity contribution in [2.24, 2.45) is 5.92 Å². The van der Waals surface area contributed by atoms with Gasteiger partial charge < -0.3 is 5.11 Å². The van der Waals surface area contributed by atoms with Gasteiger partial charge in [-0.3, -0.25) is 10.1 Å². The molecule has 0 aromatic carbocycles. The van der Waals surface area contributed by atoms with Gasteiger partial charge in [-0.1, -0.05) is 27.2 Å². The van der Waals surface area contributed by atoms with Crippen LogP contribution in [0.25, 0.3) is 0 Å². The molecule has 0 aliphatic carbocycles. The molecule has 0 saturated heterocycles. The second kappa shape index (κ2) is 8.85. The quantitative estimate of drug-likeness (QED) is 0.601. The van der Waals surface area contributed by atoms with Gasteiger partial charge in [0, 0.05) is 11.3 Å². The summed E-state index contributed by atoms with van der Waals surface area (Å²) in [6, 6.07) is 0.191. The average molecular weight is 289 g/mol. The number of rotatable bonds is 10. The summed E-state index contributed by atoms with van der Waals surface area (Å²) in [4.78, 5) is 11.4. The Balaban J connectivity index is 3.98. The van der Waals surface area contributed by atoms with Crippen LogP contribution in [0.3, 0.4) is 0 Å². The topological polar surface area (TPSA) is 49.3 Å². The molecule has 0 aromatic rings. The zero-order chi connectivity index (χ0) is 15.1. The van der Waals surface area contributed by atoms with Gasteiger partial charge in [-0.05, 0) is 45.3 Å². The van der Waals surface area contributed by atoms with Crippen LogP contribution in [0.15, 0.2) is 0 Å². The van der Waals surface area contributed by atoms with Crippen LogP contribution >= 0.6 is 11.8 Å². The fourth-order valence-electron chi connectivity index (χ4n) is 1.92. The molecule has 2 unspecified atom stereocenters. The number of hydrogen-bond donors (Lipinski definition) is 2. The van der Waals surface area contributed by atoms with E-state index in [0.29, 0.717) is 17.6 Å². The maximum atomic E-state index is 11.4. The Morgan fingerprint density at radius 3 is 2.21 bits per heavy atom. The van der Waals surface area contributed by atoms with Gasteiger partial charge in [-0.2, -0.15) is 11.8 Å². The molecule has 114 valence electrons. The third-order valence-electron chi connectivity index (χ3n) is 3.47. The second-order valence-electron chi connectivity index (χ2n) is 6.21. The molecule has 0 amide bonds. The van der Waals surface area contributed by atoms with Crippen LogP contribution in [0.5, 0.6) is 0 Å². The first-order chi connectivity index (χ1) is 8.69. The summed E-state index contributed by atoms with van der Waals surface area (Å²) in [5.41, 5.74) is -0.789. The number of thioether (sulfide) groups is 1. The van der Waals surface area contributed by atoms with Gasteiger partial charge >= 0.3 is 5.97 Å². The highest BCUT2D eigenvalue weighted by atomic mass is 32.2. The number of carbonyl (C=O) groups is 1. The van der Waals surface area contributed by atoms with Crippen molar-refractivity contribution in [3.63, 3.8) is 0 Å². The summed E-state index contributed by atoms with van der Waals surface area (Å²) in [5, 5.41) is 13.2. The van der Waals surface area contributed by atoms with Gasteiger partial charge in [0.1, 0.15) is 5.54 Å². The minimum atomic E-state index is -0.789. The zero-order valence-electron chi connectivity index (χ0n) is 13.3. The molecule has 0 aromatic heterocycles. The summed E-state index contributed by atoms with van der Waals surface area (Å²) < 4.78 is 0. The number of nitrogens with one attached hydrogen (secondary N) is 1. The first kappa shape index (κ1) is 18.8. The smallest absolute Gasteiger partial charge is 0.323 e. The Bertz CT molecular complexity index is 269. The molecule has 2 N–H and O–H groups in total. The predicted molar refractivity (Wildman–Crippen MR) is 84.9 cm³/mol. The van der Waals surface area contributed by atoms with Gasteiger partial charge in [0.25, 0.3) is 0 Å². The van der Waals surface area contributed by atoms with E-state index in [2.05, 4.69) is 26.1 Å². The summed E-state index contributed by atoms with van der Waals surface area (Å²) in [6.07, 6.45) is 2.74. The molecule has 0 aliphatic rings. The number of unbranched alkanes of at least 4 members (excludes halogenated alkanes) is 1. The molecule has 2 atom stereocenters. The van der Waals surface area contributed by atoms with Crippen molar-refractivity contribution in [2.75, 3.05) is 5.75 Å². The van der Waals surface area contributed by atoms with Crippen LogP contribution in [0.4, 0.5) is 0 Å². The molecule has 0 heterocycles. The van der Waals surface area contributed by atoms with E-state index < -0.39 is 11.5 Å². The maximum absolute atomic E-state index is 11.4.